The quantitative estimate of drug-likeness (QED) is 0.402. The van der Waals surface area contributed by atoms with Crippen molar-refractivity contribution in [2.75, 3.05) is 0 Å². The molecule has 5 heteroatoms. The van der Waals surface area contributed by atoms with E-state index in [1.165, 1.54) is 0 Å². The molecule has 5 nitrogen and oxygen atoms in total. The fourth-order valence-corrected chi connectivity index (χ4v) is 4.14. The molecule has 1 aromatic heterocycles. The van der Waals surface area contributed by atoms with Gasteiger partial charge in [-0.3, -0.25) is 0 Å². The highest BCUT2D eigenvalue weighted by molar-refractivity contribution is 5.49. The van der Waals surface area contributed by atoms with Crippen LogP contribution in [0.25, 0.3) is 0 Å². The van der Waals surface area contributed by atoms with Crippen LogP contribution >= 0.6 is 0 Å². The summed E-state index contributed by atoms with van der Waals surface area (Å²) in [5, 5.41) is 23.4. The lowest BCUT2D eigenvalue weighted by Gasteiger charge is -2.34. The predicted molar refractivity (Wildman–Crippen MR) is 123 cm³/mol. The SMILES string of the molecule is Oc1ccc(Cc2nnn(C(c3ccccc3)(c3ccccc3)c3ccccc3)n2)cc1. The standard InChI is InChI=1S/C27H22N4O/c32-25-18-16-21(17-19-25)20-26-28-30-31(29-26)27(22-10-4-1-5-11-22,23-12-6-2-7-13-23)24-14-8-3-9-15-24/h1-19,32H,20H2. The molecule has 0 saturated carbocycles. The number of tetrazole rings is 1. The zero-order valence-electron chi connectivity index (χ0n) is 17.4. The summed E-state index contributed by atoms with van der Waals surface area (Å²) in [7, 11) is 0. The molecular formula is C27H22N4O. The molecule has 1 heterocycles. The molecule has 0 saturated heterocycles. The van der Waals surface area contributed by atoms with Crippen LogP contribution in [0.5, 0.6) is 5.75 Å². The van der Waals surface area contributed by atoms with E-state index in [2.05, 4.69) is 46.7 Å². The van der Waals surface area contributed by atoms with Crippen molar-refractivity contribution in [3.05, 3.63) is 143 Å². The van der Waals surface area contributed by atoms with Crippen molar-refractivity contribution in [2.45, 2.75) is 12.0 Å². The van der Waals surface area contributed by atoms with Crippen LogP contribution in [0.3, 0.4) is 0 Å². The second-order valence-electron chi connectivity index (χ2n) is 7.65. The van der Waals surface area contributed by atoms with Gasteiger partial charge in [0, 0.05) is 6.42 Å². The van der Waals surface area contributed by atoms with Gasteiger partial charge in [-0.05, 0) is 39.6 Å². The van der Waals surface area contributed by atoms with Crippen LogP contribution in [0, 0.1) is 0 Å². The Balaban J connectivity index is 1.70. The molecule has 0 fully saturated rings. The summed E-state index contributed by atoms with van der Waals surface area (Å²) in [6.07, 6.45) is 0.523. The average Bonchev–Trinajstić information content (AvgIpc) is 3.32. The van der Waals surface area contributed by atoms with Crippen LogP contribution in [0.2, 0.25) is 0 Å². The van der Waals surface area contributed by atoms with Crippen molar-refractivity contribution < 1.29 is 5.11 Å². The first kappa shape index (κ1) is 19.7. The van der Waals surface area contributed by atoms with E-state index in [0.29, 0.717) is 12.2 Å². The average molecular weight is 419 g/mol. The van der Waals surface area contributed by atoms with Crippen molar-refractivity contribution in [1.29, 1.82) is 0 Å². The Morgan fingerprint density at radius 3 is 1.56 bits per heavy atom. The first-order valence-corrected chi connectivity index (χ1v) is 10.5. The van der Waals surface area contributed by atoms with E-state index >= 15 is 0 Å². The molecule has 0 aliphatic heterocycles. The third-order valence-electron chi connectivity index (χ3n) is 5.63. The summed E-state index contributed by atoms with van der Waals surface area (Å²) in [4.78, 5) is 1.72. The minimum absolute atomic E-state index is 0.238. The van der Waals surface area contributed by atoms with Crippen molar-refractivity contribution in [1.82, 2.24) is 20.2 Å². The Hall–Kier alpha value is -4.25. The normalized spacial score (nSPS) is 11.4. The number of nitrogens with zero attached hydrogens (tertiary/aromatic N) is 4. The van der Waals surface area contributed by atoms with Crippen molar-refractivity contribution >= 4 is 0 Å². The molecule has 0 amide bonds. The summed E-state index contributed by atoms with van der Waals surface area (Å²) >= 11 is 0. The maximum Gasteiger partial charge on any atom is 0.179 e. The Morgan fingerprint density at radius 1 is 0.625 bits per heavy atom. The van der Waals surface area contributed by atoms with Crippen LogP contribution in [0.4, 0.5) is 0 Å². The summed E-state index contributed by atoms with van der Waals surface area (Å²) in [6, 6.07) is 37.9. The lowest BCUT2D eigenvalue weighted by Crippen LogP contribution is -2.39. The molecule has 4 aromatic carbocycles. The highest BCUT2D eigenvalue weighted by Gasteiger charge is 2.41. The molecule has 5 rings (SSSR count). The Kier molecular flexibility index (Phi) is 5.22. The molecule has 32 heavy (non-hydrogen) atoms. The van der Waals surface area contributed by atoms with Crippen LogP contribution in [0.15, 0.2) is 115 Å². The topological polar surface area (TPSA) is 63.8 Å². The van der Waals surface area contributed by atoms with Crippen molar-refractivity contribution in [2.24, 2.45) is 0 Å². The predicted octanol–water partition coefficient (Wildman–Crippen LogP) is 4.81. The van der Waals surface area contributed by atoms with E-state index in [9.17, 15) is 5.11 Å². The zero-order chi connectivity index (χ0) is 21.8. The minimum atomic E-state index is -0.774. The largest absolute Gasteiger partial charge is 0.508 e. The minimum Gasteiger partial charge on any atom is -0.508 e. The van der Waals surface area contributed by atoms with Gasteiger partial charge >= 0.3 is 0 Å². The Labute approximate surface area is 186 Å². The van der Waals surface area contributed by atoms with Gasteiger partial charge in [0.05, 0.1) is 0 Å². The first-order chi connectivity index (χ1) is 15.8. The van der Waals surface area contributed by atoms with E-state index in [4.69, 9.17) is 5.10 Å². The van der Waals surface area contributed by atoms with E-state index in [-0.39, 0.29) is 5.75 Å². The zero-order valence-corrected chi connectivity index (χ0v) is 17.4. The lowest BCUT2D eigenvalue weighted by atomic mass is 9.77. The van der Waals surface area contributed by atoms with Crippen LogP contribution in [0.1, 0.15) is 28.1 Å². The molecule has 0 atom stereocenters. The fourth-order valence-electron chi connectivity index (χ4n) is 4.14. The molecule has 5 aromatic rings. The van der Waals surface area contributed by atoms with Gasteiger partial charge in [-0.15, -0.1) is 15.0 Å². The van der Waals surface area contributed by atoms with Gasteiger partial charge in [0.1, 0.15) is 5.75 Å². The van der Waals surface area contributed by atoms with Gasteiger partial charge in [-0.1, -0.05) is 103 Å². The molecule has 0 aliphatic rings. The van der Waals surface area contributed by atoms with E-state index in [1.54, 1.807) is 16.9 Å². The smallest absolute Gasteiger partial charge is 0.179 e. The summed E-state index contributed by atoms with van der Waals surface area (Å²) in [5.41, 5.74) is 3.37. The second-order valence-corrected chi connectivity index (χ2v) is 7.65. The summed E-state index contributed by atoms with van der Waals surface area (Å²) in [6.45, 7) is 0. The number of hydrogen-bond acceptors (Lipinski definition) is 4. The van der Waals surface area contributed by atoms with Gasteiger partial charge in [0.25, 0.3) is 0 Å². The maximum atomic E-state index is 9.56. The molecule has 0 unspecified atom stereocenters. The Bertz CT molecular complexity index is 1190. The molecule has 1 N–H and O–H groups in total. The highest BCUT2D eigenvalue weighted by atomic mass is 16.3. The molecule has 0 aliphatic carbocycles. The van der Waals surface area contributed by atoms with E-state index in [1.807, 2.05) is 66.7 Å². The monoisotopic (exact) mass is 418 g/mol. The first-order valence-electron chi connectivity index (χ1n) is 10.5. The summed E-state index contributed by atoms with van der Waals surface area (Å²) < 4.78 is 0. The number of phenols is 1. The highest BCUT2D eigenvalue weighted by Crippen LogP contribution is 2.39. The van der Waals surface area contributed by atoms with Crippen LogP contribution < -0.4 is 0 Å². The number of aromatic nitrogens is 4. The van der Waals surface area contributed by atoms with E-state index < -0.39 is 5.54 Å². The fraction of sp³-hybridized carbons (Fsp3) is 0.0741. The van der Waals surface area contributed by atoms with Crippen molar-refractivity contribution in [3.63, 3.8) is 0 Å². The number of phenolic OH excluding ortho intramolecular Hbond substituents is 1. The van der Waals surface area contributed by atoms with Crippen LogP contribution in [-0.4, -0.2) is 25.3 Å². The maximum absolute atomic E-state index is 9.56. The molecule has 0 radical (unpaired) electrons. The number of aromatic hydroxyl groups is 1. The van der Waals surface area contributed by atoms with Gasteiger partial charge in [0.2, 0.25) is 0 Å². The second kappa shape index (κ2) is 8.47. The number of rotatable bonds is 6. The van der Waals surface area contributed by atoms with Gasteiger partial charge in [-0.25, -0.2) is 0 Å². The van der Waals surface area contributed by atoms with Gasteiger partial charge in [-0.2, -0.15) is 0 Å². The van der Waals surface area contributed by atoms with Gasteiger partial charge < -0.3 is 5.11 Å². The molecule has 0 spiro atoms. The molecular weight excluding hydrogens is 396 g/mol. The third-order valence-corrected chi connectivity index (χ3v) is 5.63. The lowest BCUT2D eigenvalue weighted by molar-refractivity contribution is 0.394. The molecule has 0 bridgehead atoms. The van der Waals surface area contributed by atoms with Crippen molar-refractivity contribution in [3.8, 4) is 5.75 Å². The molecule has 156 valence electrons. The van der Waals surface area contributed by atoms with Gasteiger partial charge in [0.15, 0.2) is 11.4 Å². The Morgan fingerprint density at radius 2 is 1.09 bits per heavy atom. The third kappa shape index (κ3) is 3.54. The van der Waals surface area contributed by atoms with Crippen LogP contribution in [-0.2, 0) is 12.0 Å². The summed E-state index contributed by atoms with van der Waals surface area (Å²) in [5.74, 6) is 0.851. The number of hydrogen-bond donors (Lipinski definition) is 1. The van der Waals surface area contributed by atoms with E-state index in [0.717, 1.165) is 22.3 Å². The number of benzene rings is 4.